The van der Waals surface area contributed by atoms with E-state index in [4.69, 9.17) is 0 Å². The van der Waals surface area contributed by atoms with Crippen LogP contribution in [0.5, 0.6) is 0 Å². The Balaban J connectivity index is 1.92. The fraction of sp³-hybridized carbons (Fsp3) is 0.526. The second kappa shape index (κ2) is 7.76. The summed E-state index contributed by atoms with van der Waals surface area (Å²) in [6.45, 7) is 5.43. The van der Waals surface area contributed by atoms with Crippen LogP contribution in [0.1, 0.15) is 33.1 Å². The molecule has 1 aliphatic heterocycles. The molecule has 138 valence electrons. The number of nitrogens with zero attached hydrogens (tertiary/aromatic N) is 5. The third kappa shape index (κ3) is 3.66. The van der Waals surface area contributed by atoms with Gasteiger partial charge in [-0.3, -0.25) is 14.2 Å². The van der Waals surface area contributed by atoms with Crippen LogP contribution >= 0.6 is 0 Å². The first-order valence-electron chi connectivity index (χ1n) is 9.14. The first kappa shape index (κ1) is 18.2. The van der Waals surface area contributed by atoms with Gasteiger partial charge in [0.1, 0.15) is 12.1 Å². The van der Waals surface area contributed by atoms with Gasteiger partial charge in [0.25, 0.3) is 5.56 Å². The molecule has 7 nitrogen and oxygen atoms in total. The van der Waals surface area contributed by atoms with Crippen molar-refractivity contribution in [1.29, 1.82) is 0 Å². The van der Waals surface area contributed by atoms with Crippen molar-refractivity contribution in [2.75, 3.05) is 18.0 Å². The largest absolute Gasteiger partial charge is 0.341 e. The predicted molar refractivity (Wildman–Crippen MR) is 99.9 cm³/mol. The van der Waals surface area contributed by atoms with Crippen molar-refractivity contribution in [2.24, 2.45) is 18.9 Å². The average Bonchev–Trinajstić information content (AvgIpc) is 2.69. The molecule has 0 radical (unpaired) electrons. The number of Topliss-reactive ketones (excluding diaryl/α,β-unsaturated/α-hetero) is 1. The third-order valence-corrected chi connectivity index (χ3v) is 5.16. The number of anilines is 1. The topological polar surface area (TPSA) is 81.0 Å². The monoisotopic (exact) mass is 355 g/mol. The van der Waals surface area contributed by atoms with Gasteiger partial charge in [0, 0.05) is 44.2 Å². The molecule has 0 spiro atoms. The van der Waals surface area contributed by atoms with Gasteiger partial charge in [-0.2, -0.15) is 0 Å². The lowest BCUT2D eigenvalue weighted by Gasteiger charge is -2.34. The molecule has 0 saturated carbocycles. The van der Waals surface area contributed by atoms with E-state index in [-0.39, 0.29) is 17.4 Å². The maximum atomic E-state index is 12.6. The van der Waals surface area contributed by atoms with Crippen LogP contribution in [0.15, 0.2) is 29.5 Å². The summed E-state index contributed by atoms with van der Waals surface area (Å²) in [5.41, 5.74) is 1.00. The van der Waals surface area contributed by atoms with Crippen molar-refractivity contribution < 1.29 is 4.79 Å². The summed E-state index contributed by atoms with van der Waals surface area (Å²) in [5.74, 6) is 0.976. The molecule has 3 rings (SSSR count). The van der Waals surface area contributed by atoms with Crippen LogP contribution in [0.25, 0.3) is 11.4 Å². The molecule has 0 amide bonds. The fourth-order valence-corrected chi connectivity index (χ4v) is 3.38. The summed E-state index contributed by atoms with van der Waals surface area (Å²) < 4.78 is 1.54. The number of aromatic nitrogens is 4. The first-order valence-corrected chi connectivity index (χ1v) is 9.14. The number of hydrogen-bond acceptors (Lipinski definition) is 6. The summed E-state index contributed by atoms with van der Waals surface area (Å²) in [4.78, 5) is 39.9. The minimum atomic E-state index is -0.140. The lowest BCUT2D eigenvalue weighted by atomic mass is 9.86. The minimum absolute atomic E-state index is 0.00157. The van der Waals surface area contributed by atoms with Crippen LogP contribution in [0.3, 0.4) is 0 Å². The maximum absolute atomic E-state index is 12.6. The molecule has 0 N–H and O–H groups in total. The molecule has 3 heterocycles. The van der Waals surface area contributed by atoms with Crippen molar-refractivity contribution in [3.8, 4) is 11.4 Å². The highest BCUT2D eigenvalue weighted by atomic mass is 16.1. The van der Waals surface area contributed by atoms with Gasteiger partial charge >= 0.3 is 0 Å². The normalized spacial score (nSPS) is 18.6. The molecule has 2 unspecified atom stereocenters. The van der Waals surface area contributed by atoms with Gasteiger partial charge in [0.2, 0.25) is 5.95 Å². The van der Waals surface area contributed by atoms with Crippen molar-refractivity contribution in [1.82, 2.24) is 19.5 Å². The highest BCUT2D eigenvalue weighted by Gasteiger charge is 2.30. The molecule has 2 atom stereocenters. The Bertz CT molecular complexity index is 834. The molecule has 7 heteroatoms. The minimum Gasteiger partial charge on any atom is -0.341 e. The van der Waals surface area contributed by atoms with Crippen LogP contribution in [0.4, 0.5) is 5.95 Å². The Kier molecular flexibility index (Phi) is 5.44. The molecule has 0 aromatic carbocycles. The van der Waals surface area contributed by atoms with E-state index in [0.717, 1.165) is 25.8 Å². The molecule has 2 aromatic rings. The zero-order valence-electron chi connectivity index (χ0n) is 15.6. The third-order valence-electron chi connectivity index (χ3n) is 5.16. The summed E-state index contributed by atoms with van der Waals surface area (Å²) >= 11 is 0. The Hall–Kier alpha value is -2.57. The number of ketones is 1. The standard InChI is InChI=1S/C19H25N5O2/c1-4-13(2)18(26)14-6-5-9-24(11-14)19-22-16(10-17(25)23(19)3)15-7-8-20-12-21-15/h7-8,10,12-14H,4-6,9,11H2,1-3H3. The molecular weight excluding hydrogens is 330 g/mol. The van der Waals surface area contributed by atoms with Gasteiger partial charge < -0.3 is 4.90 Å². The number of hydrogen-bond donors (Lipinski definition) is 0. The predicted octanol–water partition coefficient (Wildman–Crippen LogP) is 2.07. The van der Waals surface area contributed by atoms with Crippen molar-refractivity contribution in [2.45, 2.75) is 33.1 Å². The summed E-state index contributed by atoms with van der Waals surface area (Å²) in [5, 5.41) is 0. The molecule has 1 saturated heterocycles. The summed E-state index contributed by atoms with van der Waals surface area (Å²) in [6.07, 6.45) is 5.74. The van der Waals surface area contributed by atoms with Gasteiger partial charge in [-0.15, -0.1) is 0 Å². The zero-order valence-corrected chi connectivity index (χ0v) is 15.6. The van der Waals surface area contributed by atoms with Crippen molar-refractivity contribution >= 4 is 11.7 Å². The number of carbonyl (C=O) groups excluding carboxylic acids is 1. The molecule has 26 heavy (non-hydrogen) atoms. The maximum Gasteiger partial charge on any atom is 0.255 e. The lowest BCUT2D eigenvalue weighted by molar-refractivity contribution is -0.126. The van der Waals surface area contributed by atoms with E-state index in [0.29, 0.717) is 29.7 Å². The van der Waals surface area contributed by atoms with Crippen LogP contribution in [0.2, 0.25) is 0 Å². The van der Waals surface area contributed by atoms with E-state index in [1.54, 1.807) is 23.9 Å². The highest BCUT2D eigenvalue weighted by molar-refractivity contribution is 5.83. The Morgan fingerprint density at radius 3 is 2.88 bits per heavy atom. The first-order chi connectivity index (χ1) is 12.5. The Morgan fingerprint density at radius 1 is 1.38 bits per heavy atom. The zero-order chi connectivity index (χ0) is 18.7. The molecule has 0 bridgehead atoms. The molecule has 0 aliphatic carbocycles. The molecule has 1 aliphatic rings. The van der Waals surface area contributed by atoms with Crippen LogP contribution in [-0.2, 0) is 11.8 Å². The Labute approximate surface area is 153 Å². The van der Waals surface area contributed by atoms with Gasteiger partial charge in [0.15, 0.2) is 0 Å². The lowest BCUT2D eigenvalue weighted by Crippen LogP contribution is -2.43. The number of piperidine rings is 1. The quantitative estimate of drug-likeness (QED) is 0.817. The summed E-state index contributed by atoms with van der Waals surface area (Å²) in [6, 6.07) is 3.22. The van der Waals surface area contributed by atoms with Crippen molar-refractivity contribution in [3.63, 3.8) is 0 Å². The van der Waals surface area contributed by atoms with E-state index in [1.165, 1.54) is 12.4 Å². The van der Waals surface area contributed by atoms with Crippen LogP contribution in [-0.4, -0.2) is 38.4 Å². The van der Waals surface area contributed by atoms with E-state index >= 15 is 0 Å². The van der Waals surface area contributed by atoms with E-state index in [2.05, 4.69) is 19.9 Å². The second-order valence-corrected chi connectivity index (χ2v) is 6.93. The molecular formula is C19H25N5O2. The van der Waals surface area contributed by atoms with E-state index in [1.807, 2.05) is 13.8 Å². The van der Waals surface area contributed by atoms with Gasteiger partial charge in [-0.05, 0) is 25.3 Å². The molecule has 2 aromatic heterocycles. The Morgan fingerprint density at radius 2 is 2.19 bits per heavy atom. The van der Waals surface area contributed by atoms with Gasteiger partial charge in [-0.25, -0.2) is 15.0 Å². The van der Waals surface area contributed by atoms with Crippen LogP contribution in [0, 0.1) is 11.8 Å². The number of rotatable bonds is 5. The van der Waals surface area contributed by atoms with Gasteiger partial charge in [0.05, 0.1) is 11.4 Å². The average molecular weight is 355 g/mol. The highest BCUT2D eigenvalue weighted by Crippen LogP contribution is 2.25. The summed E-state index contributed by atoms with van der Waals surface area (Å²) in [7, 11) is 1.72. The van der Waals surface area contributed by atoms with Gasteiger partial charge in [-0.1, -0.05) is 13.8 Å². The van der Waals surface area contributed by atoms with Crippen LogP contribution < -0.4 is 10.5 Å². The number of carbonyl (C=O) groups is 1. The SMILES string of the molecule is CCC(C)C(=O)C1CCCN(c2nc(-c3ccncn3)cc(=O)n2C)C1. The van der Waals surface area contributed by atoms with Crippen molar-refractivity contribution in [3.05, 3.63) is 35.0 Å². The smallest absolute Gasteiger partial charge is 0.255 e. The fourth-order valence-electron chi connectivity index (χ4n) is 3.38. The van der Waals surface area contributed by atoms with E-state index in [9.17, 15) is 9.59 Å². The second-order valence-electron chi connectivity index (χ2n) is 6.93. The van der Waals surface area contributed by atoms with E-state index < -0.39 is 0 Å². The molecule has 1 fully saturated rings.